The van der Waals surface area contributed by atoms with Gasteiger partial charge in [0, 0.05) is 5.56 Å². The topological polar surface area (TPSA) is 51.0 Å². The lowest BCUT2D eigenvalue weighted by Crippen LogP contribution is -1.96. The van der Waals surface area contributed by atoms with Crippen molar-refractivity contribution in [1.82, 2.24) is 0 Å². The molecule has 0 saturated heterocycles. The molecule has 0 bridgehead atoms. The Balaban J connectivity index is 1.64. The van der Waals surface area contributed by atoms with Gasteiger partial charge in [-0.2, -0.15) is 10.2 Å². The van der Waals surface area contributed by atoms with Crippen LogP contribution in [0.5, 0.6) is 5.75 Å². The van der Waals surface area contributed by atoms with E-state index in [0.29, 0.717) is 5.56 Å². The third-order valence-electron chi connectivity index (χ3n) is 4.41. The standard InChI is InChI=1S/C23H30N2O2/c1-2-3-4-5-6-7-8-9-18-27-23-16-14-22(15-17-23)25-24-21-12-10-20(19-26)11-13-21/h10-17,19H,2-9,18H2,1H3. The molecule has 0 aliphatic carbocycles. The van der Waals surface area contributed by atoms with E-state index in [-0.39, 0.29) is 0 Å². The van der Waals surface area contributed by atoms with Crippen molar-refractivity contribution in [2.24, 2.45) is 10.2 Å². The van der Waals surface area contributed by atoms with Gasteiger partial charge in [-0.1, -0.05) is 51.9 Å². The summed E-state index contributed by atoms with van der Waals surface area (Å²) in [6, 6.07) is 14.6. The number of hydrogen-bond acceptors (Lipinski definition) is 4. The van der Waals surface area contributed by atoms with Gasteiger partial charge in [0.2, 0.25) is 0 Å². The molecule has 0 heterocycles. The molecule has 0 N–H and O–H groups in total. The zero-order valence-electron chi connectivity index (χ0n) is 16.3. The fourth-order valence-corrected chi connectivity index (χ4v) is 2.77. The fourth-order valence-electron chi connectivity index (χ4n) is 2.77. The third-order valence-corrected chi connectivity index (χ3v) is 4.41. The Morgan fingerprint density at radius 2 is 1.26 bits per heavy atom. The molecule has 2 aromatic carbocycles. The second-order valence-electron chi connectivity index (χ2n) is 6.73. The number of ether oxygens (including phenoxy) is 1. The van der Waals surface area contributed by atoms with Gasteiger partial charge in [0.15, 0.2) is 0 Å². The van der Waals surface area contributed by atoms with Gasteiger partial charge in [0.25, 0.3) is 0 Å². The maximum absolute atomic E-state index is 10.6. The summed E-state index contributed by atoms with van der Waals surface area (Å²) in [7, 11) is 0. The largest absolute Gasteiger partial charge is 0.494 e. The van der Waals surface area contributed by atoms with E-state index < -0.39 is 0 Å². The molecule has 0 saturated carbocycles. The van der Waals surface area contributed by atoms with Crippen LogP contribution in [0.4, 0.5) is 11.4 Å². The molecule has 0 aliphatic heterocycles. The van der Waals surface area contributed by atoms with Gasteiger partial charge in [-0.15, -0.1) is 0 Å². The third kappa shape index (κ3) is 8.63. The normalized spacial score (nSPS) is 11.0. The van der Waals surface area contributed by atoms with Crippen molar-refractivity contribution >= 4 is 17.7 Å². The molecular formula is C23H30N2O2. The van der Waals surface area contributed by atoms with Crippen LogP contribution in [0, 0.1) is 0 Å². The van der Waals surface area contributed by atoms with Gasteiger partial charge in [0.1, 0.15) is 12.0 Å². The first-order valence-corrected chi connectivity index (χ1v) is 10.0. The lowest BCUT2D eigenvalue weighted by Gasteiger charge is -2.06. The molecule has 0 fully saturated rings. The number of carbonyl (C=O) groups is 1. The van der Waals surface area contributed by atoms with Crippen molar-refractivity contribution in [2.45, 2.75) is 58.3 Å². The van der Waals surface area contributed by atoms with Gasteiger partial charge in [-0.05, 0) is 55.0 Å². The molecule has 4 nitrogen and oxygen atoms in total. The number of benzene rings is 2. The van der Waals surface area contributed by atoms with Crippen LogP contribution < -0.4 is 4.74 Å². The van der Waals surface area contributed by atoms with E-state index in [1.165, 1.54) is 44.9 Å². The Bertz CT molecular complexity index is 679. The minimum atomic E-state index is 0.631. The lowest BCUT2D eigenvalue weighted by atomic mass is 10.1. The summed E-state index contributed by atoms with van der Waals surface area (Å²) in [4.78, 5) is 10.6. The average molecular weight is 367 g/mol. The molecule has 0 radical (unpaired) electrons. The summed E-state index contributed by atoms with van der Waals surface area (Å²) in [5, 5.41) is 8.38. The molecule has 0 aliphatic rings. The van der Waals surface area contributed by atoms with Crippen molar-refractivity contribution in [3.8, 4) is 5.75 Å². The van der Waals surface area contributed by atoms with Crippen LogP contribution in [0.25, 0.3) is 0 Å². The van der Waals surface area contributed by atoms with Crippen LogP contribution in [0.2, 0.25) is 0 Å². The fraction of sp³-hybridized carbons (Fsp3) is 0.435. The highest BCUT2D eigenvalue weighted by Gasteiger charge is 1.97. The highest BCUT2D eigenvalue weighted by atomic mass is 16.5. The van der Waals surface area contributed by atoms with E-state index >= 15 is 0 Å². The number of unbranched alkanes of at least 4 members (excludes halogenated alkanes) is 7. The summed E-state index contributed by atoms with van der Waals surface area (Å²) in [6.45, 7) is 3.01. The van der Waals surface area contributed by atoms with Gasteiger partial charge in [-0.25, -0.2) is 0 Å². The first-order valence-electron chi connectivity index (χ1n) is 10.0. The maximum atomic E-state index is 10.6. The van der Waals surface area contributed by atoms with Crippen LogP contribution in [-0.4, -0.2) is 12.9 Å². The molecule has 4 heteroatoms. The van der Waals surface area contributed by atoms with E-state index in [1.807, 2.05) is 24.3 Å². The Labute approximate surface area is 162 Å². The molecule has 0 unspecified atom stereocenters. The summed E-state index contributed by atoms with van der Waals surface area (Å²) in [5.41, 5.74) is 2.12. The molecule has 27 heavy (non-hydrogen) atoms. The molecule has 0 spiro atoms. The van der Waals surface area contributed by atoms with E-state index in [2.05, 4.69) is 17.2 Å². The second-order valence-corrected chi connectivity index (χ2v) is 6.73. The monoisotopic (exact) mass is 366 g/mol. The van der Waals surface area contributed by atoms with E-state index in [4.69, 9.17) is 4.74 Å². The number of hydrogen-bond donors (Lipinski definition) is 0. The van der Waals surface area contributed by atoms with Gasteiger partial charge < -0.3 is 4.74 Å². The summed E-state index contributed by atoms with van der Waals surface area (Å²) >= 11 is 0. The molecular weight excluding hydrogens is 336 g/mol. The number of nitrogens with zero attached hydrogens (tertiary/aromatic N) is 2. The summed E-state index contributed by atoms with van der Waals surface area (Å²) < 4.78 is 5.79. The predicted octanol–water partition coefficient (Wildman–Crippen LogP) is 7.43. The molecule has 0 aromatic heterocycles. The minimum absolute atomic E-state index is 0.631. The first kappa shape index (κ1) is 20.8. The molecule has 0 atom stereocenters. The highest BCUT2D eigenvalue weighted by molar-refractivity contribution is 5.75. The van der Waals surface area contributed by atoms with E-state index in [9.17, 15) is 4.79 Å². The van der Waals surface area contributed by atoms with E-state index in [1.54, 1.807) is 24.3 Å². The second kappa shape index (κ2) is 12.8. The van der Waals surface area contributed by atoms with Crippen molar-refractivity contribution in [3.63, 3.8) is 0 Å². The molecule has 144 valence electrons. The Kier molecular flexibility index (Phi) is 9.87. The summed E-state index contributed by atoms with van der Waals surface area (Å²) in [5.74, 6) is 0.868. The smallest absolute Gasteiger partial charge is 0.150 e. The average Bonchev–Trinajstić information content (AvgIpc) is 2.72. The Morgan fingerprint density at radius 3 is 1.81 bits per heavy atom. The summed E-state index contributed by atoms with van der Waals surface area (Å²) in [6.07, 6.45) is 11.2. The first-order chi connectivity index (χ1) is 13.3. The molecule has 2 rings (SSSR count). The van der Waals surface area contributed by atoms with E-state index in [0.717, 1.165) is 36.4 Å². The van der Waals surface area contributed by atoms with Crippen molar-refractivity contribution in [2.75, 3.05) is 6.61 Å². The Morgan fingerprint density at radius 1 is 0.741 bits per heavy atom. The zero-order chi connectivity index (χ0) is 19.2. The Hall–Kier alpha value is -2.49. The number of carbonyl (C=O) groups excluding carboxylic acids is 1. The van der Waals surface area contributed by atoms with Gasteiger partial charge in [0.05, 0.1) is 18.0 Å². The van der Waals surface area contributed by atoms with Gasteiger partial charge in [-0.3, -0.25) is 4.79 Å². The van der Waals surface area contributed by atoms with Crippen LogP contribution in [0.3, 0.4) is 0 Å². The quantitative estimate of drug-likeness (QED) is 0.210. The number of rotatable bonds is 13. The van der Waals surface area contributed by atoms with Crippen LogP contribution in [0.1, 0.15) is 68.6 Å². The molecule has 2 aromatic rings. The van der Waals surface area contributed by atoms with Crippen LogP contribution in [0.15, 0.2) is 58.8 Å². The SMILES string of the molecule is CCCCCCCCCCOc1ccc(N=Nc2ccc(C=O)cc2)cc1. The lowest BCUT2D eigenvalue weighted by molar-refractivity contribution is 0.112. The van der Waals surface area contributed by atoms with Crippen molar-refractivity contribution in [1.29, 1.82) is 0 Å². The maximum Gasteiger partial charge on any atom is 0.150 e. The predicted molar refractivity (Wildman–Crippen MR) is 111 cm³/mol. The van der Waals surface area contributed by atoms with Crippen LogP contribution >= 0.6 is 0 Å². The van der Waals surface area contributed by atoms with Gasteiger partial charge >= 0.3 is 0 Å². The number of azo groups is 1. The zero-order valence-corrected chi connectivity index (χ0v) is 16.3. The molecule has 0 amide bonds. The van der Waals surface area contributed by atoms with Crippen LogP contribution in [-0.2, 0) is 0 Å². The number of aldehydes is 1. The van der Waals surface area contributed by atoms with Crippen molar-refractivity contribution in [3.05, 3.63) is 54.1 Å². The van der Waals surface area contributed by atoms with Crippen molar-refractivity contribution < 1.29 is 9.53 Å². The minimum Gasteiger partial charge on any atom is -0.494 e. The highest BCUT2D eigenvalue weighted by Crippen LogP contribution is 2.21.